The van der Waals surface area contributed by atoms with Gasteiger partial charge in [0.05, 0.1) is 24.7 Å². The zero-order valence-electron chi connectivity index (χ0n) is 16.9. The van der Waals surface area contributed by atoms with Gasteiger partial charge in [0.25, 0.3) is 0 Å². The van der Waals surface area contributed by atoms with Crippen LogP contribution in [0, 0.1) is 10.8 Å². The summed E-state index contributed by atoms with van der Waals surface area (Å²) in [5.74, 6) is -1.54. The molecule has 2 bridgehead atoms. The van der Waals surface area contributed by atoms with Crippen molar-refractivity contribution in [3.8, 4) is 0 Å². The maximum Gasteiger partial charge on any atom is 0.333 e. The summed E-state index contributed by atoms with van der Waals surface area (Å²) in [5.41, 5.74) is -0.986. The van der Waals surface area contributed by atoms with E-state index in [4.69, 9.17) is 30.5 Å². The molecule has 1 saturated carbocycles. The third-order valence-electron chi connectivity index (χ3n) is 7.47. The minimum atomic E-state index is -0.887. The average Bonchev–Trinajstić information content (AvgIpc) is 3.47. The molecule has 7 atom stereocenters. The maximum atomic E-state index is 12.4. The van der Waals surface area contributed by atoms with E-state index in [1.165, 1.54) is 5.57 Å². The molecular formula is C21H27ClO7. The van der Waals surface area contributed by atoms with Gasteiger partial charge in [-0.15, -0.1) is 11.6 Å². The van der Waals surface area contributed by atoms with Gasteiger partial charge in [-0.05, 0) is 26.7 Å². The van der Waals surface area contributed by atoms with Crippen molar-refractivity contribution < 1.29 is 33.6 Å². The fourth-order valence-electron chi connectivity index (χ4n) is 5.71. The van der Waals surface area contributed by atoms with Gasteiger partial charge in [0, 0.05) is 11.0 Å². The lowest BCUT2D eigenvalue weighted by molar-refractivity contribution is -0.229. The molecule has 0 amide bonds. The number of epoxide rings is 1. The first-order valence-corrected chi connectivity index (χ1v) is 10.4. The highest BCUT2D eigenvalue weighted by atomic mass is 35.5. The SMILES string of the molecule is C=C(C)C(=O)O[C@H]1C2O[C@@H]3C=C(C)CC[C@]3(CO)[C@@](C)([C@@H]1OC(=O)CCl)C21CO1. The minimum Gasteiger partial charge on any atom is -0.457 e. The van der Waals surface area contributed by atoms with Crippen LogP contribution in [0.2, 0.25) is 0 Å². The fraction of sp³-hybridized carbons (Fsp3) is 0.714. The molecule has 160 valence electrons. The largest absolute Gasteiger partial charge is 0.457 e. The first-order chi connectivity index (χ1) is 13.7. The van der Waals surface area contributed by atoms with Gasteiger partial charge >= 0.3 is 11.9 Å². The van der Waals surface area contributed by atoms with Crippen LogP contribution in [-0.4, -0.2) is 66.2 Å². The van der Waals surface area contributed by atoms with E-state index in [2.05, 4.69) is 6.58 Å². The predicted molar refractivity (Wildman–Crippen MR) is 103 cm³/mol. The van der Waals surface area contributed by atoms with Crippen molar-refractivity contribution in [1.29, 1.82) is 0 Å². The number of aliphatic hydroxyl groups is 1. The first kappa shape index (κ1) is 20.8. The minimum absolute atomic E-state index is 0.175. The van der Waals surface area contributed by atoms with Crippen LogP contribution < -0.4 is 0 Å². The molecule has 4 rings (SSSR count). The highest BCUT2D eigenvalue weighted by molar-refractivity contribution is 6.26. The van der Waals surface area contributed by atoms with E-state index in [-0.39, 0.29) is 18.1 Å². The fourth-order valence-corrected chi connectivity index (χ4v) is 5.77. The summed E-state index contributed by atoms with van der Waals surface area (Å²) in [4.78, 5) is 24.6. The molecule has 1 N–H and O–H groups in total. The zero-order chi connectivity index (χ0) is 21.2. The Balaban J connectivity index is 1.85. The van der Waals surface area contributed by atoms with Crippen LogP contribution in [0.25, 0.3) is 0 Å². The molecule has 2 unspecified atom stereocenters. The van der Waals surface area contributed by atoms with Crippen LogP contribution in [-0.2, 0) is 28.5 Å². The number of rotatable bonds is 5. The molecule has 0 radical (unpaired) electrons. The lowest BCUT2D eigenvalue weighted by atomic mass is 9.51. The van der Waals surface area contributed by atoms with Gasteiger partial charge in [0.1, 0.15) is 17.6 Å². The molecule has 4 aliphatic rings. The molecule has 0 aromatic carbocycles. The topological polar surface area (TPSA) is 94.6 Å². The molecule has 7 nitrogen and oxygen atoms in total. The summed E-state index contributed by atoms with van der Waals surface area (Å²) in [6, 6.07) is 0. The molecule has 2 aliphatic heterocycles. The molecule has 0 aromatic heterocycles. The highest BCUT2D eigenvalue weighted by Gasteiger charge is 2.86. The first-order valence-electron chi connectivity index (χ1n) is 9.86. The summed E-state index contributed by atoms with van der Waals surface area (Å²) >= 11 is 5.72. The van der Waals surface area contributed by atoms with Crippen molar-refractivity contribution in [1.82, 2.24) is 0 Å². The van der Waals surface area contributed by atoms with Gasteiger partial charge in [0.15, 0.2) is 12.2 Å². The van der Waals surface area contributed by atoms with Gasteiger partial charge in [-0.2, -0.15) is 0 Å². The summed E-state index contributed by atoms with van der Waals surface area (Å²) < 4.78 is 23.9. The van der Waals surface area contributed by atoms with Crippen molar-refractivity contribution in [2.45, 2.75) is 63.6 Å². The number of hydrogen-bond donors (Lipinski definition) is 1. The van der Waals surface area contributed by atoms with Gasteiger partial charge < -0.3 is 24.1 Å². The van der Waals surface area contributed by atoms with E-state index in [9.17, 15) is 14.7 Å². The molecule has 2 aliphatic carbocycles. The molecular weight excluding hydrogens is 400 g/mol. The third kappa shape index (κ3) is 2.60. The Morgan fingerprint density at radius 1 is 1.41 bits per heavy atom. The summed E-state index contributed by atoms with van der Waals surface area (Å²) in [6.45, 7) is 9.37. The number of alkyl halides is 1. The summed E-state index contributed by atoms with van der Waals surface area (Å²) in [7, 11) is 0. The average molecular weight is 427 g/mol. The van der Waals surface area contributed by atoms with E-state index in [1.807, 2.05) is 19.9 Å². The van der Waals surface area contributed by atoms with Gasteiger partial charge in [-0.1, -0.05) is 25.2 Å². The monoisotopic (exact) mass is 426 g/mol. The summed E-state index contributed by atoms with van der Waals surface area (Å²) in [5, 5.41) is 10.6. The predicted octanol–water partition coefficient (Wildman–Crippen LogP) is 1.90. The Morgan fingerprint density at radius 2 is 2.10 bits per heavy atom. The second-order valence-corrected chi connectivity index (χ2v) is 9.15. The molecule has 1 spiro atoms. The number of esters is 2. The van der Waals surface area contributed by atoms with Crippen LogP contribution in [0.5, 0.6) is 0 Å². The lowest BCUT2D eigenvalue weighted by Crippen LogP contribution is -2.66. The highest BCUT2D eigenvalue weighted by Crippen LogP contribution is 2.72. The number of carbonyl (C=O) groups is 2. The molecule has 2 saturated heterocycles. The van der Waals surface area contributed by atoms with Crippen molar-refractivity contribution in [2.24, 2.45) is 10.8 Å². The van der Waals surface area contributed by atoms with E-state index >= 15 is 0 Å². The van der Waals surface area contributed by atoms with Crippen LogP contribution in [0.15, 0.2) is 23.8 Å². The Bertz CT molecular complexity index is 788. The van der Waals surface area contributed by atoms with Crippen molar-refractivity contribution >= 4 is 23.5 Å². The smallest absolute Gasteiger partial charge is 0.333 e. The van der Waals surface area contributed by atoms with Gasteiger partial charge in [-0.3, -0.25) is 4.79 Å². The Morgan fingerprint density at radius 3 is 2.66 bits per heavy atom. The molecule has 29 heavy (non-hydrogen) atoms. The van der Waals surface area contributed by atoms with Gasteiger partial charge in [-0.25, -0.2) is 4.79 Å². The van der Waals surface area contributed by atoms with Crippen LogP contribution in [0.3, 0.4) is 0 Å². The third-order valence-corrected chi connectivity index (χ3v) is 7.69. The molecule has 0 aromatic rings. The maximum absolute atomic E-state index is 12.4. The van der Waals surface area contributed by atoms with E-state index in [0.717, 1.165) is 6.42 Å². The Hall–Kier alpha value is -1.41. The zero-order valence-corrected chi connectivity index (χ0v) is 17.7. The Labute approximate surface area is 175 Å². The number of allylic oxidation sites excluding steroid dienone is 1. The normalized spacial score (nSPS) is 44.7. The molecule has 8 heteroatoms. The van der Waals surface area contributed by atoms with Crippen LogP contribution in [0.1, 0.15) is 33.6 Å². The summed E-state index contributed by atoms with van der Waals surface area (Å²) in [6.07, 6.45) is 0.649. The number of halogens is 1. The van der Waals surface area contributed by atoms with Crippen LogP contribution in [0.4, 0.5) is 0 Å². The number of aliphatic hydroxyl groups excluding tert-OH is 1. The molecule has 3 fully saturated rings. The number of carbonyl (C=O) groups excluding carboxylic acids is 2. The van der Waals surface area contributed by atoms with Crippen molar-refractivity contribution in [2.75, 3.05) is 19.1 Å². The lowest BCUT2D eigenvalue weighted by Gasteiger charge is -2.57. The van der Waals surface area contributed by atoms with E-state index in [0.29, 0.717) is 13.0 Å². The standard InChI is InChI=1S/C21H27ClO7/c1-11(2)18(25)29-15-16(28-14(24)8-22)19(4)20(9-23)6-5-12(3)7-13(20)27-17(15)21(19)10-26-21/h7,13,15-17,23H,1,5-6,8-10H2,2-4H3/t13-,15-,16-,17?,19-,20-,21?/m1/s1. The second-order valence-electron chi connectivity index (χ2n) is 8.88. The van der Waals surface area contributed by atoms with E-state index < -0.39 is 52.8 Å². The van der Waals surface area contributed by atoms with Crippen molar-refractivity contribution in [3.05, 3.63) is 23.8 Å². The quantitative estimate of drug-likeness (QED) is 0.236. The number of hydrogen-bond acceptors (Lipinski definition) is 7. The van der Waals surface area contributed by atoms with Crippen molar-refractivity contribution in [3.63, 3.8) is 0 Å². The van der Waals surface area contributed by atoms with Crippen LogP contribution >= 0.6 is 11.6 Å². The number of ether oxygens (including phenoxy) is 4. The van der Waals surface area contributed by atoms with Gasteiger partial charge in [0.2, 0.25) is 0 Å². The Kier molecular flexibility index (Phi) is 4.89. The number of fused-ring (bicyclic) bond motifs is 2. The molecule has 2 heterocycles. The van der Waals surface area contributed by atoms with E-state index in [1.54, 1.807) is 6.92 Å². The second kappa shape index (κ2) is 6.80.